The van der Waals surface area contributed by atoms with E-state index in [4.69, 9.17) is 9.52 Å². The SMILES string of the molecule is O=C(NCc1ccc(F)c(CO)c1)c1cc(=O)c2ccccc2o1. The van der Waals surface area contributed by atoms with Gasteiger partial charge in [0.15, 0.2) is 11.2 Å². The lowest BCUT2D eigenvalue weighted by Crippen LogP contribution is -2.24. The van der Waals surface area contributed by atoms with E-state index in [1.54, 1.807) is 24.3 Å². The summed E-state index contributed by atoms with van der Waals surface area (Å²) in [6.45, 7) is -0.310. The Morgan fingerprint density at radius 3 is 2.75 bits per heavy atom. The lowest BCUT2D eigenvalue weighted by molar-refractivity contribution is 0.0923. The third-order valence-corrected chi connectivity index (χ3v) is 3.59. The van der Waals surface area contributed by atoms with E-state index in [-0.39, 0.29) is 23.3 Å². The predicted molar refractivity (Wildman–Crippen MR) is 86.0 cm³/mol. The Labute approximate surface area is 136 Å². The topological polar surface area (TPSA) is 79.5 Å². The fourth-order valence-corrected chi connectivity index (χ4v) is 2.34. The number of carbonyl (C=O) groups excluding carboxylic acids is 1. The van der Waals surface area contributed by atoms with E-state index in [1.807, 2.05) is 0 Å². The van der Waals surface area contributed by atoms with E-state index >= 15 is 0 Å². The van der Waals surface area contributed by atoms with Crippen molar-refractivity contribution in [1.82, 2.24) is 5.32 Å². The average molecular weight is 327 g/mol. The Morgan fingerprint density at radius 1 is 1.17 bits per heavy atom. The van der Waals surface area contributed by atoms with E-state index < -0.39 is 18.3 Å². The van der Waals surface area contributed by atoms with Crippen molar-refractivity contribution < 1.29 is 18.7 Å². The van der Waals surface area contributed by atoms with Gasteiger partial charge in [0.2, 0.25) is 0 Å². The highest BCUT2D eigenvalue weighted by Crippen LogP contribution is 2.13. The van der Waals surface area contributed by atoms with E-state index in [9.17, 15) is 14.0 Å². The van der Waals surface area contributed by atoms with Gasteiger partial charge in [0.05, 0.1) is 12.0 Å². The molecule has 1 heterocycles. The zero-order valence-corrected chi connectivity index (χ0v) is 12.6. The van der Waals surface area contributed by atoms with E-state index in [1.165, 1.54) is 18.2 Å². The van der Waals surface area contributed by atoms with Gasteiger partial charge in [-0.2, -0.15) is 0 Å². The van der Waals surface area contributed by atoms with Crippen LogP contribution in [0.4, 0.5) is 4.39 Å². The van der Waals surface area contributed by atoms with Crippen LogP contribution in [-0.4, -0.2) is 11.0 Å². The van der Waals surface area contributed by atoms with Gasteiger partial charge < -0.3 is 14.8 Å². The molecule has 3 rings (SSSR count). The zero-order valence-electron chi connectivity index (χ0n) is 12.6. The molecule has 5 nitrogen and oxygen atoms in total. The van der Waals surface area contributed by atoms with Crippen molar-refractivity contribution in [2.24, 2.45) is 0 Å². The monoisotopic (exact) mass is 327 g/mol. The third kappa shape index (κ3) is 3.18. The molecule has 0 bridgehead atoms. The quantitative estimate of drug-likeness (QED) is 0.771. The molecule has 0 aliphatic carbocycles. The van der Waals surface area contributed by atoms with E-state index in [0.29, 0.717) is 16.5 Å². The predicted octanol–water partition coefficient (Wildman–Crippen LogP) is 2.35. The van der Waals surface area contributed by atoms with Crippen LogP contribution in [-0.2, 0) is 13.2 Å². The Morgan fingerprint density at radius 2 is 1.96 bits per heavy atom. The normalized spacial score (nSPS) is 10.8. The van der Waals surface area contributed by atoms with Gasteiger partial charge in [-0.15, -0.1) is 0 Å². The van der Waals surface area contributed by atoms with Crippen LogP contribution in [0, 0.1) is 5.82 Å². The summed E-state index contributed by atoms with van der Waals surface area (Å²) < 4.78 is 18.8. The third-order valence-electron chi connectivity index (χ3n) is 3.59. The molecule has 0 aliphatic rings. The van der Waals surface area contributed by atoms with Gasteiger partial charge >= 0.3 is 0 Å². The number of hydrogen-bond acceptors (Lipinski definition) is 4. The first-order valence-electron chi connectivity index (χ1n) is 7.28. The van der Waals surface area contributed by atoms with Crippen LogP contribution in [0.1, 0.15) is 21.7 Å². The second kappa shape index (κ2) is 6.64. The molecule has 3 aromatic rings. The number of aliphatic hydroxyl groups excluding tert-OH is 1. The number of para-hydroxylation sites is 1. The molecule has 0 unspecified atom stereocenters. The van der Waals surface area contributed by atoms with Crippen LogP contribution in [0.15, 0.2) is 57.7 Å². The first-order valence-corrected chi connectivity index (χ1v) is 7.28. The molecule has 0 saturated carbocycles. The highest BCUT2D eigenvalue weighted by atomic mass is 19.1. The number of benzene rings is 2. The molecule has 122 valence electrons. The van der Waals surface area contributed by atoms with E-state index in [0.717, 1.165) is 6.07 Å². The Hall–Kier alpha value is -2.99. The maximum atomic E-state index is 13.3. The first kappa shape index (κ1) is 15.9. The molecule has 0 radical (unpaired) electrons. The molecular formula is C18H14FNO4. The minimum atomic E-state index is -0.548. The molecular weight excluding hydrogens is 313 g/mol. The van der Waals surface area contributed by atoms with Crippen molar-refractivity contribution in [3.8, 4) is 0 Å². The zero-order chi connectivity index (χ0) is 17.1. The lowest BCUT2D eigenvalue weighted by atomic mass is 10.1. The minimum Gasteiger partial charge on any atom is -0.451 e. The summed E-state index contributed by atoms with van der Waals surface area (Å²) in [6, 6.07) is 12.0. The highest BCUT2D eigenvalue weighted by molar-refractivity contribution is 5.93. The van der Waals surface area contributed by atoms with Crippen LogP contribution in [0.25, 0.3) is 11.0 Å². The Bertz CT molecular complexity index is 965. The molecule has 1 amide bonds. The van der Waals surface area contributed by atoms with Crippen LogP contribution >= 0.6 is 0 Å². The summed E-state index contributed by atoms with van der Waals surface area (Å²) in [6.07, 6.45) is 0. The van der Waals surface area contributed by atoms with Gasteiger partial charge in [0, 0.05) is 18.2 Å². The van der Waals surface area contributed by atoms with Gasteiger partial charge in [0.1, 0.15) is 11.4 Å². The number of amides is 1. The largest absolute Gasteiger partial charge is 0.451 e. The van der Waals surface area contributed by atoms with Crippen LogP contribution in [0.5, 0.6) is 0 Å². The molecule has 2 N–H and O–H groups in total. The molecule has 0 saturated heterocycles. The van der Waals surface area contributed by atoms with Crippen LogP contribution in [0.2, 0.25) is 0 Å². The molecule has 0 spiro atoms. The van der Waals surface area contributed by atoms with Crippen LogP contribution in [0.3, 0.4) is 0 Å². The van der Waals surface area contributed by atoms with Gasteiger partial charge in [-0.05, 0) is 29.8 Å². The molecule has 24 heavy (non-hydrogen) atoms. The first-order chi connectivity index (χ1) is 11.6. The van der Waals surface area contributed by atoms with Crippen molar-refractivity contribution in [3.63, 3.8) is 0 Å². The summed E-state index contributed by atoms with van der Waals surface area (Å²) in [7, 11) is 0. The maximum Gasteiger partial charge on any atom is 0.287 e. The van der Waals surface area contributed by atoms with Crippen molar-refractivity contribution in [1.29, 1.82) is 0 Å². The van der Waals surface area contributed by atoms with Crippen LogP contribution < -0.4 is 10.7 Å². The molecule has 0 atom stereocenters. The summed E-state index contributed by atoms with van der Waals surface area (Å²) in [5.41, 5.74) is 0.807. The number of rotatable bonds is 4. The smallest absolute Gasteiger partial charge is 0.287 e. The van der Waals surface area contributed by atoms with Gasteiger partial charge in [-0.3, -0.25) is 9.59 Å². The van der Waals surface area contributed by atoms with E-state index in [2.05, 4.69) is 5.32 Å². The molecule has 2 aromatic carbocycles. The fraction of sp³-hybridized carbons (Fsp3) is 0.111. The van der Waals surface area contributed by atoms with Crippen molar-refractivity contribution >= 4 is 16.9 Å². The molecule has 6 heteroatoms. The van der Waals surface area contributed by atoms with Crippen molar-refractivity contribution in [2.75, 3.05) is 0 Å². The van der Waals surface area contributed by atoms with Crippen molar-refractivity contribution in [3.05, 3.63) is 81.5 Å². The summed E-state index contributed by atoms with van der Waals surface area (Å²) in [4.78, 5) is 24.2. The van der Waals surface area contributed by atoms with Gasteiger partial charge in [0.25, 0.3) is 5.91 Å². The second-order valence-electron chi connectivity index (χ2n) is 5.24. The van der Waals surface area contributed by atoms with Gasteiger partial charge in [-0.1, -0.05) is 18.2 Å². The van der Waals surface area contributed by atoms with Crippen molar-refractivity contribution in [2.45, 2.75) is 13.2 Å². The fourth-order valence-electron chi connectivity index (χ4n) is 2.34. The summed E-state index contributed by atoms with van der Waals surface area (Å²) in [5.74, 6) is -1.15. The number of hydrogen-bond donors (Lipinski definition) is 2. The highest BCUT2D eigenvalue weighted by Gasteiger charge is 2.12. The minimum absolute atomic E-state index is 0.0943. The second-order valence-corrected chi connectivity index (χ2v) is 5.24. The number of aliphatic hydroxyl groups is 1. The Kier molecular flexibility index (Phi) is 4.39. The lowest BCUT2D eigenvalue weighted by Gasteiger charge is -2.07. The Balaban J connectivity index is 1.79. The number of nitrogens with one attached hydrogen (secondary N) is 1. The summed E-state index contributed by atoms with van der Waals surface area (Å²) >= 11 is 0. The average Bonchev–Trinajstić information content (AvgIpc) is 2.60. The molecule has 1 aromatic heterocycles. The molecule has 0 fully saturated rings. The summed E-state index contributed by atoms with van der Waals surface area (Å²) in [5, 5.41) is 12.1. The number of carbonyl (C=O) groups is 1. The molecule has 0 aliphatic heterocycles. The number of halogens is 1. The number of fused-ring (bicyclic) bond motifs is 1. The maximum absolute atomic E-state index is 13.3. The van der Waals surface area contributed by atoms with Gasteiger partial charge in [-0.25, -0.2) is 4.39 Å². The standard InChI is InChI=1S/C18H14FNO4/c19-14-6-5-11(7-12(14)10-21)9-20-18(23)17-8-15(22)13-3-1-2-4-16(13)24-17/h1-8,21H,9-10H2,(H,20,23).